The minimum Gasteiger partial charge on any atom is -0.493 e. The number of rotatable bonds is 6. The topological polar surface area (TPSA) is 82.1 Å². The zero-order valence-electron chi connectivity index (χ0n) is 16.3. The van der Waals surface area contributed by atoms with Crippen molar-refractivity contribution in [3.8, 4) is 11.5 Å². The second-order valence-electron chi connectivity index (χ2n) is 6.50. The number of carbonyl (C=O) groups is 1. The predicted molar refractivity (Wildman–Crippen MR) is 108 cm³/mol. The van der Waals surface area contributed by atoms with Gasteiger partial charge in [-0.1, -0.05) is 23.7 Å². The number of nitrogens with zero attached hydrogens (tertiary/aromatic N) is 1. The van der Waals surface area contributed by atoms with Crippen LogP contribution in [0.2, 0.25) is 5.02 Å². The van der Waals surface area contributed by atoms with E-state index in [0.29, 0.717) is 23.5 Å². The number of ether oxygens (including phenoxy) is 3. The number of fused-ring (bicyclic) bond motifs is 1. The van der Waals surface area contributed by atoms with Gasteiger partial charge in [0, 0.05) is 6.54 Å². The van der Waals surface area contributed by atoms with Crippen molar-refractivity contribution in [1.29, 1.82) is 0 Å². The molecule has 29 heavy (non-hydrogen) atoms. The van der Waals surface area contributed by atoms with Gasteiger partial charge in [0.2, 0.25) is 10.0 Å². The maximum atomic E-state index is 13.4. The summed E-state index contributed by atoms with van der Waals surface area (Å²) in [5.41, 5.74) is 1.57. The number of halogens is 1. The highest BCUT2D eigenvalue weighted by Crippen LogP contribution is 2.42. The van der Waals surface area contributed by atoms with Gasteiger partial charge in [0.15, 0.2) is 11.5 Å². The third-order valence-electron chi connectivity index (χ3n) is 4.96. The third kappa shape index (κ3) is 4.05. The second-order valence-corrected chi connectivity index (χ2v) is 8.76. The van der Waals surface area contributed by atoms with Crippen LogP contribution >= 0.6 is 11.6 Å². The van der Waals surface area contributed by atoms with E-state index in [-0.39, 0.29) is 22.9 Å². The van der Waals surface area contributed by atoms with E-state index in [2.05, 4.69) is 0 Å². The predicted octanol–water partition coefficient (Wildman–Crippen LogP) is 3.21. The van der Waals surface area contributed by atoms with Gasteiger partial charge in [-0.05, 0) is 41.8 Å². The van der Waals surface area contributed by atoms with Crippen molar-refractivity contribution in [2.45, 2.75) is 23.8 Å². The standard InChI is InChI=1S/C20H22ClNO6S/c1-26-17-10-13-8-9-22(29(24,25)19-7-5-4-6-15(19)21)16(12-20(23)28-3)14(13)11-18(17)27-2/h4-7,10-11,16H,8-9,12H2,1-3H3. The summed E-state index contributed by atoms with van der Waals surface area (Å²) >= 11 is 6.16. The fourth-order valence-electron chi connectivity index (χ4n) is 3.53. The summed E-state index contributed by atoms with van der Waals surface area (Å²) in [7, 11) is 0.355. The minimum atomic E-state index is -3.95. The van der Waals surface area contributed by atoms with Crippen LogP contribution in [0.3, 0.4) is 0 Å². The molecule has 0 aliphatic carbocycles. The third-order valence-corrected chi connectivity index (χ3v) is 7.37. The minimum absolute atomic E-state index is 0.000425. The Morgan fingerprint density at radius 2 is 1.79 bits per heavy atom. The summed E-state index contributed by atoms with van der Waals surface area (Å²) in [6, 6.07) is 9.03. The van der Waals surface area contributed by atoms with Crippen LogP contribution in [0, 0.1) is 0 Å². The highest BCUT2D eigenvalue weighted by atomic mass is 35.5. The maximum Gasteiger partial charge on any atom is 0.307 e. The molecule has 0 saturated heterocycles. The molecule has 0 bridgehead atoms. The first kappa shape index (κ1) is 21.4. The highest BCUT2D eigenvalue weighted by Gasteiger charge is 2.39. The number of hydrogen-bond donors (Lipinski definition) is 0. The lowest BCUT2D eigenvalue weighted by Crippen LogP contribution is -2.41. The molecule has 0 saturated carbocycles. The van der Waals surface area contributed by atoms with E-state index in [1.54, 1.807) is 18.2 Å². The summed E-state index contributed by atoms with van der Waals surface area (Å²) in [6.45, 7) is 0.192. The quantitative estimate of drug-likeness (QED) is 0.643. The molecule has 0 N–H and O–H groups in total. The Balaban J connectivity index is 2.14. The molecule has 1 aliphatic heterocycles. The molecule has 2 aromatic carbocycles. The van der Waals surface area contributed by atoms with E-state index in [9.17, 15) is 13.2 Å². The highest BCUT2D eigenvalue weighted by molar-refractivity contribution is 7.89. The lowest BCUT2D eigenvalue weighted by Gasteiger charge is -2.36. The van der Waals surface area contributed by atoms with Crippen molar-refractivity contribution in [3.05, 3.63) is 52.5 Å². The Labute approximate surface area is 175 Å². The van der Waals surface area contributed by atoms with Crippen LogP contribution in [-0.2, 0) is 26.0 Å². The SMILES string of the molecule is COC(=O)CC1c2cc(OC)c(OC)cc2CCN1S(=O)(=O)c1ccccc1Cl. The molecule has 0 spiro atoms. The summed E-state index contributed by atoms with van der Waals surface area (Å²) in [4.78, 5) is 12.1. The molecule has 1 unspecified atom stereocenters. The van der Waals surface area contributed by atoms with Gasteiger partial charge in [0.05, 0.1) is 38.8 Å². The molecule has 3 rings (SSSR count). The lowest BCUT2D eigenvalue weighted by atomic mass is 9.91. The first-order valence-electron chi connectivity index (χ1n) is 8.91. The van der Waals surface area contributed by atoms with Gasteiger partial charge in [0.25, 0.3) is 0 Å². The van der Waals surface area contributed by atoms with Crippen molar-refractivity contribution >= 4 is 27.6 Å². The molecule has 0 fully saturated rings. The number of hydrogen-bond acceptors (Lipinski definition) is 6. The van der Waals surface area contributed by atoms with Gasteiger partial charge >= 0.3 is 5.97 Å². The second kappa shape index (κ2) is 8.61. The van der Waals surface area contributed by atoms with Gasteiger partial charge in [0.1, 0.15) is 4.90 Å². The van der Waals surface area contributed by atoms with E-state index in [0.717, 1.165) is 5.56 Å². The first-order valence-corrected chi connectivity index (χ1v) is 10.7. The molecule has 0 radical (unpaired) electrons. The maximum absolute atomic E-state index is 13.4. The lowest BCUT2D eigenvalue weighted by molar-refractivity contribution is -0.141. The zero-order valence-corrected chi connectivity index (χ0v) is 17.9. The molecule has 7 nitrogen and oxygen atoms in total. The Morgan fingerprint density at radius 3 is 2.41 bits per heavy atom. The Morgan fingerprint density at radius 1 is 1.14 bits per heavy atom. The van der Waals surface area contributed by atoms with Crippen LogP contribution < -0.4 is 9.47 Å². The fraction of sp³-hybridized carbons (Fsp3) is 0.350. The molecule has 9 heteroatoms. The number of esters is 1. The van der Waals surface area contributed by atoms with Crippen molar-refractivity contribution in [2.75, 3.05) is 27.9 Å². The number of sulfonamides is 1. The van der Waals surface area contributed by atoms with Crippen LogP contribution in [0.4, 0.5) is 0 Å². The van der Waals surface area contributed by atoms with E-state index < -0.39 is 22.0 Å². The molecule has 0 amide bonds. The van der Waals surface area contributed by atoms with Crippen LogP contribution in [-0.4, -0.2) is 46.6 Å². The molecule has 1 atom stereocenters. The molecule has 0 aromatic heterocycles. The van der Waals surface area contributed by atoms with Gasteiger partial charge in [-0.3, -0.25) is 4.79 Å². The van der Waals surface area contributed by atoms with E-state index in [1.807, 2.05) is 6.07 Å². The first-order chi connectivity index (χ1) is 13.8. The molecule has 1 aliphatic rings. The molecule has 1 heterocycles. The molecular weight excluding hydrogens is 418 g/mol. The summed E-state index contributed by atoms with van der Waals surface area (Å²) in [6.07, 6.45) is 0.319. The number of carbonyl (C=O) groups excluding carboxylic acids is 1. The van der Waals surface area contributed by atoms with Crippen LogP contribution in [0.5, 0.6) is 11.5 Å². The van der Waals surface area contributed by atoms with Crippen LogP contribution in [0.1, 0.15) is 23.6 Å². The van der Waals surface area contributed by atoms with Crippen molar-refractivity contribution < 1.29 is 27.4 Å². The van der Waals surface area contributed by atoms with Crippen LogP contribution in [0.25, 0.3) is 0 Å². The molecule has 2 aromatic rings. The fourth-order valence-corrected chi connectivity index (χ4v) is 5.63. The Bertz CT molecular complexity index is 1020. The average molecular weight is 440 g/mol. The van der Waals surface area contributed by atoms with E-state index in [4.69, 9.17) is 25.8 Å². The van der Waals surface area contributed by atoms with Gasteiger partial charge < -0.3 is 14.2 Å². The van der Waals surface area contributed by atoms with Crippen molar-refractivity contribution in [3.63, 3.8) is 0 Å². The smallest absolute Gasteiger partial charge is 0.307 e. The number of benzene rings is 2. The van der Waals surface area contributed by atoms with Gasteiger partial charge in [-0.15, -0.1) is 0 Å². The van der Waals surface area contributed by atoms with Crippen molar-refractivity contribution in [2.24, 2.45) is 0 Å². The number of methoxy groups -OCH3 is 3. The molecule has 156 valence electrons. The van der Waals surface area contributed by atoms with E-state index in [1.165, 1.54) is 37.8 Å². The average Bonchev–Trinajstić information content (AvgIpc) is 2.72. The Kier molecular flexibility index (Phi) is 6.36. The summed E-state index contributed by atoms with van der Waals surface area (Å²) in [5, 5.41) is 0.127. The zero-order chi connectivity index (χ0) is 21.2. The normalized spacial score (nSPS) is 16.8. The van der Waals surface area contributed by atoms with Crippen molar-refractivity contribution in [1.82, 2.24) is 4.31 Å². The molecular formula is C20H22ClNO6S. The Hall–Kier alpha value is -2.29. The van der Waals surface area contributed by atoms with Gasteiger partial charge in [-0.25, -0.2) is 8.42 Å². The van der Waals surface area contributed by atoms with Gasteiger partial charge in [-0.2, -0.15) is 4.31 Å². The monoisotopic (exact) mass is 439 g/mol. The van der Waals surface area contributed by atoms with E-state index >= 15 is 0 Å². The summed E-state index contributed by atoms with van der Waals surface area (Å²) in [5.74, 6) is 0.487. The summed E-state index contributed by atoms with van der Waals surface area (Å²) < 4.78 is 43.7. The largest absolute Gasteiger partial charge is 0.493 e. The van der Waals surface area contributed by atoms with Crippen LogP contribution in [0.15, 0.2) is 41.3 Å².